The van der Waals surface area contributed by atoms with Gasteiger partial charge in [0.15, 0.2) is 0 Å². The van der Waals surface area contributed by atoms with Crippen LogP contribution in [0.25, 0.3) is 0 Å². The van der Waals surface area contributed by atoms with Gasteiger partial charge in [0.05, 0.1) is 6.10 Å². The lowest BCUT2D eigenvalue weighted by atomic mass is 9.89. The van der Waals surface area contributed by atoms with Crippen molar-refractivity contribution in [1.82, 2.24) is 10.3 Å². The summed E-state index contributed by atoms with van der Waals surface area (Å²) in [5.74, 6) is 0.829. The van der Waals surface area contributed by atoms with Crippen molar-refractivity contribution in [2.45, 2.75) is 25.9 Å². The molecule has 2 atom stereocenters. The quantitative estimate of drug-likeness (QED) is 0.901. The highest BCUT2D eigenvalue weighted by Gasteiger charge is 2.27. The van der Waals surface area contributed by atoms with E-state index in [0.29, 0.717) is 12.4 Å². The first-order chi connectivity index (χ1) is 11.7. The Morgan fingerprint density at radius 1 is 1.25 bits per heavy atom. The van der Waals surface area contributed by atoms with Crippen molar-refractivity contribution in [2.75, 3.05) is 18.5 Å². The first-order valence-corrected chi connectivity index (χ1v) is 8.36. The highest BCUT2D eigenvalue weighted by Crippen LogP contribution is 2.33. The Hall–Kier alpha value is -2.40. The summed E-state index contributed by atoms with van der Waals surface area (Å²) in [5.41, 5.74) is 2.23. The van der Waals surface area contributed by atoms with E-state index in [-0.39, 0.29) is 18.1 Å². The molecule has 3 rings (SSSR count). The number of hydrogen-bond acceptors (Lipinski definition) is 3. The van der Waals surface area contributed by atoms with Crippen molar-refractivity contribution in [1.29, 1.82) is 0 Å². The molecule has 0 radical (unpaired) electrons. The summed E-state index contributed by atoms with van der Waals surface area (Å²) in [6, 6.07) is 13.7. The van der Waals surface area contributed by atoms with Gasteiger partial charge in [0, 0.05) is 25.3 Å². The molecule has 0 saturated carbocycles. The lowest BCUT2D eigenvalue weighted by Gasteiger charge is -2.32. The molecule has 5 nitrogen and oxygen atoms in total. The van der Waals surface area contributed by atoms with Crippen LogP contribution in [0, 0.1) is 12.8 Å². The summed E-state index contributed by atoms with van der Waals surface area (Å²) in [4.78, 5) is 16.3. The Kier molecular flexibility index (Phi) is 5.43. The first-order valence-electron chi connectivity index (χ1n) is 8.36. The van der Waals surface area contributed by atoms with Gasteiger partial charge in [-0.15, -0.1) is 0 Å². The predicted molar refractivity (Wildman–Crippen MR) is 93.9 cm³/mol. The SMILES string of the molecule is Cc1ccc(NC(=O)NC[C@H]2CCCO[C@H]2c2ccccc2)nc1. The zero-order valence-corrected chi connectivity index (χ0v) is 13.9. The summed E-state index contributed by atoms with van der Waals surface area (Å²) in [6.07, 6.45) is 3.84. The summed E-state index contributed by atoms with van der Waals surface area (Å²) >= 11 is 0. The summed E-state index contributed by atoms with van der Waals surface area (Å²) in [7, 11) is 0. The number of carbonyl (C=O) groups is 1. The second-order valence-corrected chi connectivity index (χ2v) is 6.16. The Morgan fingerprint density at radius 2 is 2.08 bits per heavy atom. The van der Waals surface area contributed by atoms with Gasteiger partial charge < -0.3 is 10.1 Å². The van der Waals surface area contributed by atoms with Crippen LogP contribution in [0.2, 0.25) is 0 Å². The van der Waals surface area contributed by atoms with Crippen LogP contribution in [0.4, 0.5) is 10.6 Å². The first kappa shape index (κ1) is 16.5. The van der Waals surface area contributed by atoms with Crippen LogP contribution >= 0.6 is 0 Å². The number of pyridine rings is 1. The molecule has 0 unspecified atom stereocenters. The Labute approximate surface area is 142 Å². The van der Waals surface area contributed by atoms with E-state index in [9.17, 15) is 4.79 Å². The van der Waals surface area contributed by atoms with Gasteiger partial charge >= 0.3 is 6.03 Å². The zero-order valence-electron chi connectivity index (χ0n) is 13.9. The molecule has 1 aliphatic heterocycles. The van der Waals surface area contributed by atoms with Crippen LogP contribution in [0.3, 0.4) is 0 Å². The van der Waals surface area contributed by atoms with Crippen LogP contribution in [-0.2, 0) is 4.74 Å². The smallest absolute Gasteiger partial charge is 0.320 e. The molecule has 0 spiro atoms. The summed E-state index contributed by atoms with van der Waals surface area (Å²) < 4.78 is 5.96. The zero-order chi connectivity index (χ0) is 16.8. The molecule has 2 aromatic rings. The monoisotopic (exact) mass is 325 g/mol. The minimum absolute atomic E-state index is 0.0396. The molecular formula is C19H23N3O2. The second kappa shape index (κ2) is 7.93. The van der Waals surface area contributed by atoms with Gasteiger partial charge in [-0.3, -0.25) is 5.32 Å². The standard InChI is InChI=1S/C19H23N3O2/c1-14-9-10-17(20-12-14)22-19(23)21-13-16-8-5-11-24-18(16)15-6-3-2-4-7-15/h2-4,6-7,9-10,12,16,18H,5,8,11,13H2,1H3,(H2,20,21,22,23)/t16-,18+/m1/s1. The van der Waals surface area contributed by atoms with E-state index in [4.69, 9.17) is 4.74 Å². The van der Waals surface area contributed by atoms with Gasteiger partial charge in [0.2, 0.25) is 0 Å². The fraction of sp³-hybridized carbons (Fsp3) is 0.368. The minimum atomic E-state index is -0.233. The van der Waals surface area contributed by atoms with E-state index in [0.717, 1.165) is 25.0 Å². The number of amides is 2. The number of nitrogens with zero attached hydrogens (tertiary/aromatic N) is 1. The Bertz CT molecular complexity index is 658. The van der Waals surface area contributed by atoms with Gasteiger partial charge in [-0.2, -0.15) is 0 Å². The third kappa shape index (κ3) is 4.32. The van der Waals surface area contributed by atoms with Crippen LogP contribution in [-0.4, -0.2) is 24.2 Å². The third-order valence-corrected chi connectivity index (χ3v) is 4.25. The number of hydrogen-bond donors (Lipinski definition) is 2. The Morgan fingerprint density at radius 3 is 2.83 bits per heavy atom. The van der Waals surface area contributed by atoms with Crippen LogP contribution in [0.5, 0.6) is 0 Å². The minimum Gasteiger partial charge on any atom is -0.373 e. The number of aryl methyl sites for hydroxylation is 1. The maximum atomic E-state index is 12.1. The topological polar surface area (TPSA) is 63.2 Å². The van der Waals surface area contributed by atoms with Crippen molar-refractivity contribution in [3.8, 4) is 0 Å². The van der Waals surface area contributed by atoms with E-state index in [1.807, 2.05) is 31.2 Å². The van der Waals surface area contributed by atoms with Gasteiger partial charge in [0.25, 0.3) is 0 Å². The number of carbonyl (C=O) groups excluding carboxylic acids is 1. The van der Waals surface area contributed by atoms with Crippen molar-refractivity contribution < 1.29 is 9.53 Å². The van der Waals surface area contributed by atoms with Crippen molar-refractivity contribution in [3.63, 3.8) is 0 Å². The number of aromatic nitrogens is 1. The van der Waals surface area contributed by atoms with E-state index in [1.165, 1.54) is 5.56 Å². The molecule has 1 aliphatic rings. The van der Waals surface area contributed by atoms with Gasteiger partial charge in [-0.25, -0.2) is 9.78 Å². The largest absolute Gasteiger partial charge is 0.373 e. The van der Waals surface area contributed by atoms with Crippen LogP contribution < -0.4 is 10.6 Å². The van der Waals surface area contributed by atoms with E-state index in [1.54, 1.807) is 12.3 Å². The number of nitrogens with one attached hydrogen (secondary N) is 2. The Balaban J connectivity index is 1.55. The van der Waals surface area contributed by atoms with Gasteiger partial charge in [0.1, 0.15) is 5.82 Å². The van der Waals surface area contributed by atoms with Crippen molar-refractivity contribution in [3.05, 3.63) is 59.8 Å². The molecule has 2 heterocycles. The van der Waals surface area contributed by atoms with E-state index >= 15 is 0 Å². The van der Waals surface area contributed by atoms with Crippen molar-refractivity contribution >= 4 is 11.8 Å². The van der Waals surface area contributed by atoms with Crippen LogP contribution in [0.15, 0.2) is 48.7 Å². The van der Waals surface area contributed by atoms with Crippen LogP contribution in [0.1, 0.15) is 30.1 Å². The molecule has 5 heteroatoms. The number of ether oxygens (including phenoxy) is 1. The van der Waals surface area contributed by atoms with E-state index in [2.05, 4.69) is 27.8 Å². The molecule has 126 valence electrons. The second-order valence-electron chi connectivity index (χ2n) is 6.16. The predicted octanol–water partition coefficient (Wildman–Crippen LogP) is 3.68. The number of anilines is 1. The average Bonchev–Trinajstić information content (AvgIpc) is 2.63. The van der Waals surface area contributed by atoms with E-state index < -0.39 is 0 Å². The van der Waals surface area contributed by atoms with Gasteiger partial charge in [-0.1, -0.05) is 36.4 Å². The number of urea groups is 1. The van der Waals surface area contributed by atoms with Gasteiger partial charge in [-0.05, 0) is 37.0 Å². The molecule has 1 saturated heterocycles. The molecule has 1 aromatic carbocycles. The molecule has 1 fully saturated rings. The molecular weight excluding hydrogens is 302 g/mol. The highest BCUT2D eigenvalue weighted by molar-refractivity contribution is 5.88. The number of benzene rings is 1. The average molecular weight is 325 g/mol. The fourth-order valence-corrected chi connectivity index (χ4v) is 2.99. The normalized spacial score (nSPS) is 20.4. The third-order valence-electron chi connectivity index (χ3n) is 4.25. The maximum absolute atomic E-state index is 12.1. The molecule has 0 bridgehead atoms. The fourth-order valence-electron chi connectivity index (χ4n) is 2.99. The maximum Gasteiger partial charge on any atom is 0.320 e. The highest BCUT2D eigenvalue weighted by atomic mass is 16.5. The molecule has 2 amide bonds. The molecule has 1 aromatic heterocycles. The lowest BCUT2D eigenvalue weighted by Crippen LogP contribution is -2.37. The molecule has 2 N–H and O–H groups in total. The number of rotatable bonds is 4. The summed E-state index contributed by atoms with van der Waals surface area (Å²) in [5, 5.41) is 5.71. The summed E-state index contributed by atoms with van der Waals surface area (Å²) in [6.45, 7) is 3.32. The molecule has 0 aliphatic carbocycles. The van der Waals surface area contributed by atoms with Crippen molar-refractivity contribution in [2.24, 2.45) is 5.92 Å². The molecule has 24 heavy (non-hydrogen) atoms. The lowest BCUT2D eigenvalue weighted by molar-refractivity contribution is -0.0268.